The van der Waals surface area contributed by atoms with Gasteiger partial charge in [0.1, 0.15) is 6.23 Å². The van der Waals surface area contributed by atoms with Crippen molar-refractivity contribution in [3.05, 3.63) is 81.4 Å². The Kier molecular flexibility index (Phi) is 9.73. The van der Waals surface area contributed by atoms with Crippen LogP contribution in [0, 0.1) is 0 Å². The molecule has 5 nitrogen and oxygen atoms in total. The number of unbranched alkanes of at least 4 members (excludes halogenated alkanes) is 2. The molecule has 3 rings (SSSR count). The first-order chi connectivity index (χ1) is 18.2. The number of Topliss-reactive ketones (excluding diaryl/α,β-unsaturated/α-hetero) is 1. The summed E-state index contributed by atoms with van der Waals surface area (Å²) in [5.41, 5.74) is 3.76. The number of hydrogen-bond acceptors (Lipinski definition) is 4. The molecule has 1 atom stereocenters. The maximum absolute atomic E-state index is 13.2. The summed E-state index contributed by atoms with van der Waals surface area (Å²) in [4.78, 5) is 25.0. The number of aliphatic hydroxyl groups is 1. The third-order valence-electron chi connectivity index (χ3n) is 6.18. The maximum Gasteiger partial charge on any atom is 0.416 e. The molecule has 2 aromatic carbocycles. The van der Waals surface area contributed by atoms with Crippen LogP contribution in [0.15, 0.2) is 48.0 Å². The Hall–Kier alpha value is -3.44. The van der Waals surface area contributed by atoms with Crippen molar-refractivity contribution in [2.75, 3.05) is 6.54 Å². The summed E-state index contributed by atoms with van der Waals surface area (Å²) in [7, 11) is 0. The summed E-state index contributed by atoms with van der Waals surface area (Å²) in [6.07, 6.45) is -3.50. The summed E-state index contributed by atoms with van der Waals surface area (Å²) in [5, 5.41) is 11.8. The van der Waals surface area contributed by atoms with Crippen LogP contribution < -0.4 is 11.1 Å². The molecule has 1 aliphatic rings. The Morgan fingerprint density at radius 2 is 1.62 bits per heavy atom. The van der Waals surface area contributed by atoms with Crippen LogP contribution in [-0.2, 0) is 23.6 Å². The molecular formula is C28H28F6N2O3. The number of fused-ring (bicyclic) bond motifs is 1. The Balaban J connectivity index is 1.69. The standard InChI is InChI=1S/C28H28F6N2O3/c29-27(30,31)21-14-18(15-22(16-21)28(32,33)34)13-20-8-7-19-12-17(5-9-23(19)26(20)39)6-10-25(38)36-11-3-1-2-4-24(35)37/h5-6,9-10,12-16,24,37H,1-4,7-8,11,35H2,(H,36,38). The first-order valence-electron chi connectivity index (χ1n) is 12.3. The number of allylic oxidation sites excluding steroid dienone is 1. The van der Waals surface area contributed by atoms with E-state index in [1.807, 2.05) is 0 Å². The van der Waals surface area contributed by atoms with Crippen LogP contribution in [-0.4, -0.2) is 29.6 Å². The number of aryl methyl sites for hydroxylation is 1. The van der Waals surface area contributed by atoms with Gasteiger partial charge in [-0.1, -0.05) is 24.6 Å². The molecule has 0 bridgehead atoms. The van der Waals surface area contributed by atoms with Crippen LogP contribution in [0.1, 0.15) is 70.3 Å². The summed E-state index contributed by atoms with van der Waals surface area (Å²) < 4.78 is 79.0. The van der Waals surface area contributed by atoms with E-state index in [0.717, 1.165) is 25.3 Å². The molecule has 0 saturated carbocycles. The monoisotopic (exact) mass is 554 g/mol. The number of nitrogens with one attached hydrogen (secondary N) is 1. The topological polar surface area (TPSA) is 92.4 Å². The van der Waals surface area contributed by atoms with E-state index in [1.165, 1.54) is 12.1 Å². The number of carbonyl (C=O) groups excluding carboxylic acids is 2. The van der Waals surface area contributed by atoms with Crippen molar-refractivity contribution >= 4 is 23.8 Å². The van der Waals surface area contributed by atoms with Gasteiger partial charge in [0.05, 0.1) is 11.1 Å². The smallest absolute Gasteiger partial charge is 0.379 e. The van der Waals surface area contributed by atoms with Gasteiger partial charge in [0, 0.05) is 23.8 Å². The van der Waals surface area contributed by atoms with E-state index in [9.17, 15) is 35.9 Å². The number of ketones is 1. The number of alkyl halides is 6. The van der Waals surface area contributed by atoms with Crippen molar-refractivity contribution in [1.82, 2.24) is 5.32 Å². The fraction of sp³-hybridized carbons (Fsp3) is 0.357. The molecule has 0 saturated heterocycles. The number of carbonyl (C=O) groups is 2. The normalized spacial score (nSPS) is 16.0. The van der Waals surface area contributed by atoms with Gasteiger partial charge in [-0.15, -0.1) is 0 Å². The summed E-state index contributed by atoms with van der Waals surface area (Å²) in [6.45, 7) is 0.466. The van der Waals surface area contributed by atoms with Crippen molar-refractivity contribution < 1.29 is 41.0 Å². The van der Waals surface area contributed by atoms with E-state index in [0.29, 0.717) is 48.2 Å². The predicted molar refractivity (Wildman–Crippen MR) is 134 cm³/mol. The Morgan fingerprint density at radius 1 is 0.949 bits per heavy atom. The fourth-order valence-electron chi connectivity index (χ4n) is 4.20. The van der Waals surface area contributed by atoms with Crippen molar-refractivity contribution in [2.45, 2.75) is 57.1 Å². The highest BCUT2D eigenvalue weighted by Crippen LogP contribution is 2.37. The average molecular weight is 555 g/mol. The SMILES string of the molecule is NC(O)CCCCCNC(=O)C=Cc1ccc2c(c1)CCC(=Cc1cc(C(F)(F)F)cc(C(F)(F)F)c1)C2=O. The van der Waals surface area contributed by atoms with E-state index in [2.05, 4.69) is 5.32 Å². The van der Waals surface area contributed by atoms with Crippen LogP contribution in [0.5, 0.6) is 0 Å². The molecule has 39 heavy (non-hydrogen) atoms. The number of benzene rings is 2. The van der Waals surface area contributed by atoms with Crippen LogP contribution >= 0.6 is 0 Å². The predicted octanol–water partition coefficient (Wildman–Crippen LogP) is 5.90. The molecular weight excluding hydrogens is 526 g/mol. The minimum absolute atomic E-state index is 0.0464. The van der Waals surface area contributed by atoms with Crippen LogP contribution in [0.2, 0.25) is 0 Å². The van der Waals surface area contributed by atoms with Crippen molar-refractivity contribution in [1.29, 1.82) is 0 Å². The van der Waals surface area contributed by atoms with Gasteiger partial charge >= 0.3 is 12.4 Å². The molecule has 0 heterocycles. The summed E-state index contributed by atoms with van der Waals surface area (Å²) in [6, 6.07) is 6.08. The number of rotatable bonds is 9. The van der Waals surface area contributed by atoms with Gasteiger partial charge in [-0.25, -0.2) is 0 Å². The van der Waals surface area contributed by atoms with Gasteiger partial charge < -0.3 is 16.2 Å². The highest BCUT2D eigenvalue weighted by atomic mass is 19.4. The number of halogens is 6. The molecule has 210 valence electrons. The van der Waals surface area contributed by atoms with Gasteiger partial charge in [-0.2, -0.15) is 26.3 Å². The Labute approximate surface area is 221 Å². The van der Waals surface area contributed by atoms with Crippen molar-refractivity contribution in [2.24, 2.45) is 5.73 Å². The zero-order valence-electron chi connectivity index (χ0n) is 20.8. The molecule has 11 heteroatoms. The highest BCUT2D eigenvalue weighted by molar-refractivity contribution is 6.13. The second kappa shape index (κ2) is 12.6. The minimum Gasteiger partial charge on any atom is -0.379 e. The molecule has 2 aromatic rings. The molecule has 0 aliphatic heterocycles. The molecule has 0 aromatic heterocycles. The zero-order chi connectivity index (χ0) is 28.8. The van der Waals surface area contributed by atoms with Crippen LogP contribution in [0.25, 0.3) is 12.2 Å². The van der Waals surface area contributed by atoms with E-state index >= 15 is 0 Å². The minimum atomic E-state index is -4.98. The third-order valence-corrected chi connectivity index (χ3v) is 6.18. The first kappa shape index (κ1) is 30.1. The number of amides is 1. The Morgan fingerprint density at radius 3 is 2.23 bits per heavy atom. The van der Waals surface area contributed by atoms with E-state index in [-0.39, 0.29) is 29.5 Å². The molecule has 0 spiro atoms. The van der Waals surface area contributed by atoms with Crippen LogP contribution in [0.4, 0.5) is 26.3 Å². The lowest BCUT2D eigenvalue weighted by Gasteiger charge is -2.19. The highest BCUT2D eigenvalue weighted by Gasteiger charge is 2.37. The van der Waals surface area contributed by atoms with Gasteiger partial charge in [-0.05, 0) is 79.1 Å². The zero-order valence-corrected chi connectivity index (χ0v) is 20.8. The number of hydrogen-bond donors (Lipinski definition) is 3. The molecule has 1 aliphatic carbocycles. The summed E-state index contributed by atoms with van der Waals surface area (Å²) >= 11 is 0. The molecule has 1 amide bonds. The van der Waals surface area contributed by atoms with Gasteiger partial charge in [0.2, 0.25) is 5.91 Å². The van der Waals surface area contributed by atoms with Gasteiger partial charge in [0.15, 0.2) is 5.78 Å². The number of nitrogens with two attached hydrogens (primary N) is 1. The van der Waals surface area contributed by atoms with Crippen molar-refractivity contribution in [3.8, 4) is 0 Å². The molecule has 4 N–H and O–H groups in total. The summed E-state index contributed by atoms with van der Waals surface area (Å²) in [5.74, 6) is -0.773. The largest absolute Gasteiger partial charge is 0.416 e. The van der Waals surface area contributed by atoms with Crippen LogP contribution in [0.3, 0.4) is 0 Å². The fourth-order valence-corrected chi connectivity index (χ4v) is 4.20. The van der Waals surface area contributed by atoms with Crippen molar-refractivity contribution in [3.63, 3.8) is 0 Å². The number of aliphatic hydroxyl groups excluding tert-OH is 1. The lowest BCUT2D eigenvalue weighted by Crippen LogP contribution is -2.22. The second-order valence-corrected chi connectivity index (χ2v) is 9.30. The second-order valence-electron chi connectivity index (χ2n) is 9.30. The third kappa shape index (κ3) is 8.79. The first-order valence-corrected chi connectivity index (χ1v) is 12.3. The van der Waals surface area contributed by atoms with Gasteiger partial charge in [-0.3, -0.25) is 9.59 Å². The van der Waals surface area contributed by atoms with E-state index in [4.69, 9.17) is 10.8 Å². The molecule has 1 unspecified atom stereocenters. The average Bonchev–Trinajstić information content (AvgIpc) is 2.85. The lowest BCUT2D eigenvalue weighted by atomic mass is 9.85. The van der Waals surface area contributed by atoms with E-state index < -0.39 is 35.5 Å². The van der Waals surface area contributed by atoms with E-state index in [1.54, 1.807) is 18.2 Å². The Bertz CT molecular complexity index is 1230. The van der Waals surface area contributed by atoms with Gasteiger partial charge in [0.25, 0.3) is 0 Å². The lowest BCUT2D eigenvalue weighted by molar-refractivity contribution is -0.143. The molecule has 0 fully saturated rings. The maximum atomic E-state index is 13.2. The molecule has 0 radical (unpaired) electrons. The quantitative estimate of drug-likeness (QED) is 0.156.